The van der Waals surface area contributed by atoms with Crippen molar-refractivity contribution in [3.05, 3.63) is 35.6 Å². The molecule has 2 aliphatic rings. The van der Waals surface area contributed by atoms with E-state index < -0.39 is 0 Å². The number of likely N-dealkylation sites (tertiary alicyclic amines) is 1. The van der Waals surface area contributed by atoms with Gasteiger partial charge in [0.25, 0.3) is 0 Å². The van der Waals surface area contributed by atoms with Crippen molar-refractivity contribution >= 4 is 0 Å². The van der Waals surface area contributed by atoms with Gasteiger partial charge < -0.3 is 10.2 Å². The molecule has 1 spiro atoms. The molecule has 0 radical (unpaired) electrons. The van der Waals surface area contributed by atoms with Gasteiger partial charge in [-0.25, -0.2) is 4.39 Å². The Balaban J connectivity index is 1.90. The minimum atomic E-state index is -0.0375. The monoisotopic (exact) mass is 248 g/mol. The van der Waals surface area contributed by atoms with E-state index in [1.807, 2.05) is 12.1 Å². The quantitative estimate of drug-likeness (QED) is 0.820. The van der Waals surface area contributed by atoms with E-state index in [0.717, 1.165) is 31.7 Å². The lowest BCUT2D eigenvalue weighted by atomic mass is 9.68. The van der Waals surface area contributed by atoms with Gasteiger partial charge in [-0.1, -0.05) is 18.2 Å². The third-order valence-corrected chi connectivity index (χ3v) is 4.83. The van der Waals surface area contributed by atoms with Crippen LogP contribution in [0.1, 0.15) is 24.3 Å². The second kappa shape index (κ2) is 4.63. The van der Waals surface area contributed by atoms with Gasteiger partial charge in [0.2, 0.25) is 0 Å². The van der Waals surface area contributed by atoms with Crippen LogP contribution < -0.4 is 5.32 Å². The Bertz CT molecular complexity index is 424. The maximum absolute atomic E-state index is 14.0. The van der Waals surface area contributed by atoms with E-state index in [-0.39, 0.29) is 11.2 Å². The molecule has 2 fully saturated rings. The minimum Gasteiger partial charge on any atom is -0.316 e. The summed E-state index contributed by atoms with van der Waals surface area (Å²) in [5, 5.41) is 3.49. The molecule has 1 N–H and O–H groups in total. The molecule has 2 saturated heterocycles. The van der Waals surface area contributed by atoms with Gasteiger partial charge in [0.05, 0.1) is 0 Å². The Labute approximate surface area is 108 Å². The minimum absolute atomic E-state index is 0.0375. The van der Waals surface area contributed by atoms with Gasteiger partial charge in [-0.05, 0) is 50.0 Å². The lowest BCUT2D eigenvalue weighted by Crippen LogP contribution is -2.42. The summed E-state index contributed by atoms with van der Waals surface area (Å²) in [4.78, 5) is 2.38. The summed E-state index contributed by atoms with van der Waals surface area (Å²) in [6.07, 6.45) is 2.35. The SMILES string of the molecule is CN1CCC2(CC1)CNCC2c1ccccc1F. The van der Waals surface area contributed by atoms with Crippen LogP contribution >= 0.6 is 0 Å². The van der Waals surface area contributed by atoms with Gasteiger partial charge in [0, 0.05) is 19.0 Å². The van der Waals surface area contributed by atoms with Gasteiger partial charge in [-0.15, -0.1) is 0 Å². The van der Waals surface area contributed by atoms with Crippen LogP contribution in [-0.4, -0.2) is 38.1 Å². The van der Waals surface area contributed by atoms with Gasteiger partial charge in [-0.3, -0.25) is 0 Å². The second-order valence-corrected chi connectivity index (χ2v) is 5.87. The molecule has 2 nitrogen and oxygen atoms in total. The summed E-state index contributed by atoms with van der Waals surface area (Å²) in [6.45, 7) is 4.23. The normalized spacial score (nSPS) is 27.8. The zero-order valence-corrected chi connectivity index (χ0v) is 11.0. The highest BCUT2D eigenvalue weighted by Crippen LogP contribution is 2.47. The van der Waals surface area contributed by atoms with Crippen molar-refractivity contribution in [2.24, 2.45) is 5.41 Å². The highest BCUT2D eigenvalue weighted by Gasteiger charge is 2.45. The molecule has 3 rings (SSSR count). The summed E-state index contributed by atoms with van der Waals surface area (Å²) >= 11 is 0. The van der Waals surface area contributed by atoms with Gasteiger partial charge >= 0.3 is 0 Å². The number of nitrogens with zero attached hydrogens (tertiary/aromatic N) is 1. The first-order chi connectivity index (χ1) is 8.71. The molecular weight excluding hydrogens is 227 g/mol. The predicted molar refractivity (Wildman–Crippen MR) is 71.2 cm³/mol. The van der Waals surface area contributed by atoms with Crippen LogP contribution in [0.2, 0.25) is 0 Å². The molecule has 18 heavy (non-hydrogen) atoms. The standard InChI is InChI=1S/C15H21FN2/c1-18-8-6-15(7-9-18)11-17-10-13(15)12-4-2-3-5-14(12)16/h2-5,13,17H,6-11H2,1H3. The fourth-order valence-corrected chi connectivity index (χ4v) is 3.59. The average Bonchev–Trinajstić information content (AvgIpc) is 2.78. The van der Waals surface area contributed by atoms with Crippen LogP contribution in [0.4, 0.5) is 4.39 Å². The third-order valence-electron chi connectivity index (χ3n) is 4.83. The molecule has 1 aromatic carbocycles. The number of halogens is 1. The maximum Gasteiger partial charge on any atom is 0.126 e. The molecule has 0 amide bonds. The van der Waals surface area contributed by atoms with Crippen molar-refractivity contribution in [3.8, 4) is 0 Å². The second-order valence-electron chi connectivity index (χ2n) is 5.87. The molecule has 2 aliphatic heterocycles. The number of nitrogens with one attached hydrogen (secondary N) is 1. The predicted octanol–water partition coefficient (Wildman–Crippen LogP) is 2.22. The average molecular weight is 248 g/mol. The molecule has 3 heteroatoms. The van der Waals surface area contributed by atoms with Crippen LogP contribution in [0.5, 0.6) is 0 Å². The van der Waals surface area contributed by atoms with Gasteiger partial charge in [0.15, 0.2) is 0 Å². The van der Waals surface area contributed by atoms with Crippen LogP contribution in [0.15, 0.2) is 24.3 Å². The smallest absolute Gasteiger partial charge is 0.126 e. The number of benzene rings is 1. The topological polar surface area (TPSA) is 15.3 Å². The molecule has 2 heterocycles. The van der Waals surface area contributed by atoms with E-state index in [0.29, 0.717) is 5.92 Å². The fraction of sp³-hybridized carbons (Fsp3) is 0.600. The van der Waals surface area contributed by atoms with E-state index in [1.165, 1.54) is 12.8 Å². The number of hydrogen-bond acceptors (Lipinski definition) is 2. The Morgan fingerprint density at radius 3 is 2.72 bits per heavy atom. The Morgan fingerprint density at radius 2 is 2.00 bits per heavy atom. The Morgan fingerprint density at radius 1 is 1.28 bits per heavy atom. The van der Waals surface area contributed by atoms with E-state index in [4.69, 9.17) is 0 Å². The van der Waals surface area contributed by atoms with Crippen molar-refractivity contribution in [1.29, 1.82) is 0 Å². The fourth-order valence-electron chi connectivity index (χ4n) is 3.59. The molecule has 0 aliphatic carbocycles. The summed E-state index contributed by atoms with van der Waals surface area (Å²) in [7, 11) is 2.17. The lowest BCUT2D eigenvalue weighted by Gasteiger charge is -2.41. The third kappa shape index (κ3) is 1.95. The number of hydrogen-bond donors (Lipinski definition) is 1. The zero-order valence-electron chi connectivity index (χ0n) is 11.0. The van der Waals surface area contributed by atoms with Gasteiger partial charge in [0.1, 0.15) is 5.82 Å². The van der Waals surface area contributed by atoms with Crippen molar-refractivity contribution < 1.29 is 4.39 Å². The van der Waals surface area contributed by atoms with Crippen LogP contribution in [0.3, 0.4) is 0 Å². The lowest BCUT2D eigenvalue weighted by molar-refractivity contribution is 0.122. The molecule has 0 aromatic heterocycles. The number of rotatable bonds is 1. The summed E-state index contributed by atoms with van der Waals surface area (Å²) in [5.41, 5.74) is 1.18. The van der Waals surface area contributed by atoms with Crippen molar-refractivity contribution in [2.45, 2.75) is 18.8 Å². The molecule has 1 unspecified atom stereocenters. The molecule has 0 saturated carbocycles. The van der Waals surface area contributed by atoms with Gasteiger partial charge in [-0.2, -0.15) is 0 Å². The van der Waals surface area contributed by atoms with Crippen LogP contribution in [0.25, 0.3) is 0 Å². The highest BCUT2D eigenvalue weighted by molar-refractivity contribution is 5.27. The van der Waals surface area contributed by atoms with Crippen LogP contribution in [-0.2, 0) is 0 Å². The zero-order chi connectivity index (χ0) is 12.6. The molecule has 0 bridgehead atoms. The van der Waals surface area contributed by atoms with Crippen LogP contribution in [0, 0.1) is 11.2 Å². The summed E-state index contributed by atoms with van der Waals surface area (Å²) in [5.74, 6) is 0.303. The first-order valence-electron chi connectivity index (χ1n) is 6.85. The molecule has 1 atom stereocenters. The number of piperidine rings is 1. The first-order valence-corrected chi connectivity index (χ1v) is 6.85. The van der Waals surface area contributed by atoms with Crippen molar-refractivity contribution in [1.82, 2.24) is 10.2 Å². The Hall–Kier alpha value is -0.930. The maximum atomic E-state index is 14.0. The van der Waals surface area contributed by atoms with Crippen molar-refractivity contribution in [2.75, 3.05) is 33.2 Å². The molecule has 98 valence electrons. The molecule has 1 aromatic rings. The summed E-state index contributed by atoms with van der Waals surface area (Å²) in [6, 6.07) is 7.30. The first kappa shape index (κ1) is 12.1. The van der Waals surface area contributed by atoms with E-state index in [9.17, 15) is 4.39 Å². The van der Waals surface area contributed by atoms with Crippen molar-refractivity contribution in [3.63, 3.8) is 0 Å². The largest absolute Gasteiger partial charge is 0.316 e. The highest BCUT2D eigenvalue weighted by atomic mass is 19.1. The molecular formula is C15H21FN2. The van der Waals surface area contributed by atoms with E-state index in [1.54, 1.807) is 12.1 Å². The Kier molecular flexibility index (Phi) is 3.12. The van der Waals surface area contributed by atoms with E-state index >= 15 is 0 Å². The van der Waals surface area contributed by atoms with E-state index in [2.05, 4.69) is 17.3 Å². The summed E-state index contributed by atoms with van der Waals surface area (Å²) < 4.78 is 14.0.